The number of hydrogen-bond donors (Lipinski definition) is 3. The molecule has 11 heteroatoms. The Morgan fingerprint density at radius 1 is 1.17 bits per heavy atom. The van der Waals surface area contributed by atoms with Gasteiger partial charge in [-0.3, -0.25) is 24.7 Å². The van der Waals surface area contributed by atoms with E-state index in [1.807, 2.05) is 51.1 Å². The molecule has 1 unspecified atom stereocenters. The molecule has 1 aliphatic rings. The first-order chi connectivity index (χ1) is 17.2. The number of benzene rings is 1. The SMILES string of the molecule is CC(C)C[C@H](NC(=O)C(Cc1ccccc1)NC(=O)c1cnccn1)B1OC[C@@H](C)N[C@@H](C)C(=O)O1. The van der Waals surface area contributed by atoms with Crippen LogP contribution in [0.2, 0.25) is 0 Å². The Balaban J connectivity index is 1.81. The fraction of sp³-hybridized carbons (Fsp3) is 0.480. The van der Waals surface area contributed by atoms with E-state index in [0.717, 1.165) is 5.56 Å². The lowest BCUT2D eigenvalue weighted by molar-refractivity contribution is -0.139. The largest absolute Gasteiger partial charge is 0.551 e. The highest BCUT2D eigenvalue weighted by atomic mass is 16.6. The molecule has 2 aromatic rings. The zero-order valence-corrected chi connectivity index (χ0v) is 21.1. The van der Waals surface area contributed by atoms with Crippen LogP contribution in [0.5, 0.6) is 0 Å². The first-order valence-electron chi connectivity index (χ1n) is 12.2. The number of aromatic nitrogens is 2. The fourth-order valence-corrected chi connectivity index (χ4v) is 3.97. The Bertz CT molecular complexity index is 1010. The molecule has 10 nitrogen and oxygen atoms in total. The Hall–Kier alpha value is -3.31. The maximum absolute atomic E-state index is 13.5. The van der Waals surface area contributed by atoms with Gasteiger partial charge < -0.3 is 19.9 Å². The van der Waals surface area contributed by atoms with Gasteiger partial charge in [0.25, 0.3) is 5.91 Å². The first kappa shape index (κ1) is 27.3. The second-order valence-electron chi connectivity index (χ2n) is 9.48. The number of carbonyl (C=O) groups is 3. The molecule has 0 saturated carbocycles. The summed E-state index contributed by atoms with van der Waals surface area (Å²) in [6.45, 7) is 7.97. The second kappa shape index (κ2) is 13.1. The molecule has 0 bridgehead atoms. The van der Waals surface area contributed by atoms with Crippen molar-refractivity contribution in [2.75, 3.05) is 6.61 Å². The van der Waals surface area contributed by atoms with Gasteiger partial charge in [-0.25, -0.2) is 4.98 Å². The summed E-state index contributed by atoms with van der Waals surface area (Å²) >= 11 is 0. The van der Waals surface area contributed by atoms with Crippen molar-refractivity contribution in [2.24, 2.45) is 5.92 Å². The van der Waals surface area contributed by atoms with Crippen molar-refractivity contribution in [1.29, 1.82) is 0 Å². The van der Waals surface area contributed by atoms with Crippen LogP contribution in [0.4, 0.5) is 0 Å². The van der Waals surface area contributed by atoms with Crippen LogP contribution in [0, 0.1) is 5.92 Å². The molecule has 3 rings (SSSR count). The summed E-state index contributed by atoms with van der Waals surface area (Å²) in [5.41, 5.74) is 0.981. The summed E-state index contributed by atoms with van der Waals surface area (Å²) in [4.78, 5) is 46.8. The van der Waals surface area contributed by atoms with E-state index in [4.69, 9.17) is 9.31 Å². The van der Waals surface area contributed by atoms with E-state index in [2.05, 4.69) is 25.9 Å². The second-order valence-corrected chi connectivity index (χ2v) is 9.48. The Labute approximate surface area is 212 Å². The lowest BCUT2D eigenvalue weighted by Gasteiger charge is -2.31. The zero-order valence-electron chi connectivity index (χ0n) is 21.1. The van der Waals surface area contributed by atoms with E-state index in [1.54, 1.807) is 6.92 Å². The van der Waals surface area contributed by atoms with Crippen molar-refractivity contribution in [2.45, 2.75) is 64.6 Å². The van der Waals surface area contributed by atoms with Crippen LogP contribution in [0.3, 0.4) is 0 Å². The van der Waals surface area contributed by atoms with Crippen LogP contribution in [0.1, 0.15) is 50.2 Å². The van der Waals surface area contributed by atoms with Gasteiger partial charge in [-0.2, -0.15) is 0 Å². The number of hydrogen-bond acceptors (Lipinski definition) is 8. The number of nitrogens with zero attached hydrogens (tertiary/aromatic N) is 2. The predicted molar refractivity (Wildman–Crippen MR) is 135 cm³/mol. The van der Waals surface area contributed by atoms with Crippen molar-refractivity contribution >= 4 is 24.9 Å². The third kappa shape index (κ3) is 8.13. The van der Waals surface area contributed by atoms with Crippen LogP contribution >= 0.6 is 0 Å². The lowest BCUT2D eigenvalue weighted by Crippen LogP contribution is -2.59. The van der Waals surface area contributed by atoms with Gasteiger partial charge in [0.1, 0.15) is 17.8 Å². The van der Waals surface area contributed by atoms with Gasteiger partial charge in [-0.15, -0.1) is 0 Å². The average Bonchev–Trinajstić information content (AvgIpc) is 2.85. The molecule has 0 aliphatic carbocycles. The van der Waals surface area contributed by atoms with E-state index in [0.29, 0.717) is 13.0 Å². The smallest absolute Gasteiger partial charge is 0.507 e. The molecular formula is C25H34BN5O5. The maximum Gasteiger partial charge on any atom is 0.551 e. The van der Waals surface area contributed by atoms with Gasteiger partial charge in [0.15, 0.2) is 0 Å². The van der Waals surface area contributed by atoms with E-state index < -0.39 is 42.9 Å². The van der Waals surface area contributed by atoms with Gasteiger partial charge in [0.05, 0.1) is 12.1 Å². The highest BCUT2D eigenvalue weighted by molar-refractivity contribution is 6.49. The monoisotopic (exact) mass is 495 g/mol. The minimum absolute atomic E-state index is 0.0668. The van der Waals surface area contributed by atoms with Crippen LogP contribution < -0.4 is 16.0 Å². The average molecular weight is 495 g/mol. The van der Waals surface area contributed by atoms with Crippen LogP contribution in [-0.2, 0) is 25.3 Å². The molecule has 1 aliphatic heterocycles. The van der Waals surface area contributed by atoms with Crippen molar-refractivity contribution in [3.63, 3.8) is 0 Å². The summed E-state index contributed by atoms with van der Waals surface area (Å²) in [6, 6.07) is 7.92. The van der Waals surface area contributed by atoms with Gasteiger partial charge in [0, 0.05) is 31.5 Å². The molecular weight excluding hydrogens is 461 g/mol. The zero-order chi connectivity index (χ0) is 26.1. The highest BCUT2D eigenvalue weighted by Gasteiger charge is 2.40. The number of amides is 2. The number of nitrogens with one attached hydrogen (secondary N) is 3. The minimum atomic E-state index is -0.955. The lowest BCUT2D eigenvalue weighted by atomic mass is 9.73. The maximum atomic E-state index is 13.5. The fourth-order valence-electron chi connectivity index (χ4n) is 3.97. The molecule has 192 valence electrons. The van der Waals surface area contributed by atoms with Crippen molar-refractivity contribution in [3.8, 4) is 0 Å². The molecule has 2 amide bonds. The summed E-state index contributed by atoms with van der Waals surface area (Å²) < 4.78 is 11.5. The van der Waals surface area contributed by atoms with Crippen LogP contribution in [-0.4, -0.2) is 65.5 Å². The van der Waals surface area contributed by atoms with Gasteiger partial charge in [0.2, 0.25) is 5.91 Å². The van der Waals surface area contributed by atoms with E-state index in [9.17, 15) is 14.4 Å². The third-order valence-electron chi connectivity index (χ3n) is 5.71. The summed E-state index contributed by atoms with van der Waals surface area (Å²) in [5.74, 6) is -1.81. The normalized spacial score (nSPS) is 20.0. The molecule has 1 aromatic heterocycles. The highest BCUT2D eigenvalue weighted by Crippen LogP contribution is 2.14. The molecule has 1 fully saturated rings. The molecule has 0 spiro atoms. The van der Waals surface area contributed by atoms with Gasteiger partial charge in [-0.1, -0.05) is 44.2 Å². The first-order valence-corrected chi connectivity index (χ1v) is 12.2. The molecule has 0 radical (unpaired) electrons. The van der Waals surface area contributed by atoms with Gasteiger partial charge in [-0.05, 0) is 31.7 Å². The van der Waals surface area contributed by atoms with Crippen LogP contribution in [0.15, 0.2) is 48.9 Å². The minimum Gasteiger partial charge on any atom is -0.507 e. The number of rotatable bonds is 9. The number of carbonyl (C=O) groups excluding carboxylic acids is 3. The van der Waals surface area contributed by atoms with Crippen LogP contribution in [0.25, 0.3) is 0 Å². The standard InChI is InChI=1S/C25H34BN5O5/c1-16(2)12-22(26-35-15-17(3)29-18(4)25(34)36-26)31-23(32)20(13-19-8-6-5-7-9-19)30-24(33)21-14-27-10-11-28-21/h5-11,14,16-18,20,22,29H,12-13,15H2,1-4H3,(H,30,33)(H,31,32)/t17-,18+,20?,22+/m1/s1. The van der Waals surface area contributed by atoms with Crippen molar-refractivity contribution in [1.82, 2.24) is 25.9 Å². The Kier molecular flexibility index (Phi) is 9.95. The Morgan fingerprint density at radius 2 is 1.92 bits per heavy atom. The van der Waals surface area contributed by atoms with E-state index in [-0.39, 0.29) is 24.1 Å². The molecule has 36 heavy (non-hydrogen) atoms. The molecule has 1 aromatic carbocycles. The third-order valence-corrected chi connectivity index (χ3v) is 5.71. The molecule has 2 heterocycles. The summed E-state index contributed by atoms with van der Waals surface area (Å²) in [6.07, 6.45) is 4.99. The molecule has 4 atom stereocenters. The summed E-state index contributed by atoms with van der Waals surface area (Å²) in [5, 5.41) is 8.87. The topological polar surface area (TPSA) is 132 Å². The van der Waals surface area contributed by atoms with Crippen molar-refractivity contribution < 1.29 is 23.7 Å². The predicted octanol–water partition coefficient (Wildman–Crippen LogP) is 1.32. The van der Waals surface area contributed by atoms with E-state index >= 15 is 0 Å². The van der Waals surface area contributed by atoms with E-state index in [1.165, 1.54) is 18.6 Å². The van der Waals surface area contributed by atoms with Gasteiger partial charge >= 0.3 is 13.1 Å². The van der Waals surface area contributed by atoms with Crippen molar-refractivity contribution in [3.05, 3.63) is 60.2 Å². The molecule has 3 N–H and O–H groups in total. The quantitative estimate of drug-likeness (QED) is 0.444. The molecule has 1 saturated heterocycles. The summed E-state index contributed by atoms with van der Waals surface area (Å²) in [7, 11) is -0.955. The Morgan fingerprint density at radius 3 is 2.58 bits per heavy atom.